The van der Waals surface area contributed by atoms with Crippen LogP contribution in [0.4, 0.5) is 5.69 Å². The minimum Gasteiger partial charge on any atom is -0.423 e. The number of carbonyl (C=O) groups is 2. The summed E-state index contributed by atoms with van der Waals surface area (Å²) in [7, 11) is 0. The van der Waals surface area contributed by atoms with E-state index < -0.39 is 11.9 Å². The van der Waals surface area contributed by atoms with Crippen molar-refractivity contribution in [3.8, 4) is 5.75 Å². The van der Waals surface area contributed by atoms with Crippen LogP contribution in [0.25, 0.3) is 10.8 Å². The van der Waals surface area contributed by atoms with Gasteiger partial charge in [0.25, 0.3) is 0 Å². The van der Waals surface area contributed by atoms with Gasteiger partial charge in [-0.15, -0.1) is 0 Å². The van der Waals surface area contributed by atoms with Crippen molar-refractivity contribution in [1.82, 2.24) is 4.98 Å². The van der Waals surface area contributed by atoms with E-state index in [0.717, 1.165) is 27.5 Å². The average Bonchev–Trinajstić information content (AvgIpc) is 2.80. The van der Waals surface area contributed by atoms with Gasteiger partial charge in [-0.05, 0) is 66.8 Å². The molecule has 0 aliphatic carbocycles. The first-order valence-corrected chi connectivity index (χ1v) is 10.7. The fourth-order valence-electron chi connectivity index (χ4n) is 3.76. The van der Waals surface area contributed by atoms with Crippen LogP contribution in [0.2, 0.25) is 0 Å². The van der Waals surface area contributed by atoms with Crippen LogP contribution in [0, 0.1) is 13.8 Å². The molecule has 4 aromatic rings. The molecule has 6 nitrogen and oxygen atoms in total. The Bertz CT molecular complexity index is 1320. The quantitative estimate of drug-likeness (QED) is 0.334. The molecular formula is C27H25N3O3. The molecule has 1 aromatic heterocycles. The van der Waals surface area contributed by atoms with E-state index in [2.05, 4.69) is 10.3 Å². The van der Waals surface area contributed by atoms with Crippen molar-refractivity contribution in [2.24, 2.45) is 5.73 Å². The van der Waals surface area contributed by atoms with Crippen LogP contribution in [-0.2, 0) is 4.79 Å². The number of amides is 1. The summed E-state index contributed by atoms with van der Waals surface area (Å²) in [5, 5.41) is 4.92. The maximum Gasteiger partial charge on any atom is 0.343 e. The number of pyridine rings is 1. The van der Waals surface area contributed by atoms with Gasteiger partial charge in [0, 0.05) is 30.0 Å². The van der Waals surface area contributed by atoms with Crippen molar-refractivity contribution in [3.05, 3.63) is 101 Å². The van der Waals surface area contributed by atoms with E-state index >= 15 is 0 Å². The van der Waals surface area contributed by atoms with Crippen molar-refractivity contribution < 1.29 is 14.3 Å². The molecule has 0 radical (unpaired) electrons. The number of carbonyl (C=O) groups excluding carboxylic acids is 2. The van der Waals surface area contributed by atoms with E-state index in [9.17, 15) is 9.59 Å². The Morgan fingerprint density at radius 2 is 1.76 bits per heavy atom. The lowest BCUT2D eigenvalue weighted by Gasteiger charge is -2.16. The molecule has 1 heterocycles. The molecule has 0 fully saturated rings. The van der Waals surface area contributed by atoms with E-state index in [1.165, 1.54) is 0 Å². The first-order chi connectivity index (χ1) is 15.9. The van der Waals surface area contributed by atoms with Crippen molar-refractivity contribution in [1.29, 1.82) is 0 Å². The largest absolute Gasteiger partial charge is 0.423 e. The van der Waals surface area contributed by atoms with Crippen LogP contribution in [0.1, 0.15) is 33.0 Å². The molecular weight excluding hydrogens is 414 g/mol. The van der Waals surface area contributed by atoms with Crippen LogP contribution < -0.4 is 15.8 Å². The standard InChI is InChI=1S/C27H25N3O3/c1-17-3-10-24(18(2)13-17)27(32)33-23-8-5-19(6-9-23)25(15-28)26(31)30-22-7-4-21-16-29-12-11-20(21)14-22/h3-14,16,25H,15,28H2,1-2H3,(H,30,31)/t25-/m1/s1. The van der Waals surface area contributed by atoms with Gasteiger partial charge < -0.3 is 15.8 Å². The Hall–Kier alpha value is -4.03. The fraction of sp³-hybridized carbons (Fsp3) is 0.148. The van der Waals surface area contributed by atoms with Crippen LogP contribution >= 0.6 is 0 Å². The summed E-state index contributed by atoms with van der Waals surface area (Å²) in [4.78, 5) is 29.5. The summed E-state index contributed by atoms with van der Waals surface area (Å²) >= 11 is 0. The van der Waals surface area contributed by atoms with Crippen LogP contribution in [-0.4, -0.2) is 23.4 Å². The van der Waals surface area contributed by atoms with Gasteiger partial charge in [0.05, 0.1) is 11.5 Å². The molecule has 0 aliphatic rings. The van der Waals surface area contributed by atoms with Gasteiger partial charge in [0.1, 0.15) is 5.75 Å². The normalized spacial score (nSPS) is 11.7. The number of hydrogen-bond acceptors (Lipinski definition) is 5. The summed E-state index contributed by atoms with van der Waals surface area (Å²) in [6.07, 6.45) is 3.49. The number of nitrogens with zero attached hydrogens (tertiary/aromatic N) is 1. The van der Waals surface area contributed by atoms with Gasteiger partial charge in [-0.1, -0.05) is 35.9 Å². The van der Waals surface area contributed by atoms with Crippen LogP contribution in [0.3, 0.4) is 0 Å². The summed E-state index contributed by atoms with van der Waals surface area (Å²) in [5.74, 6) is -0.754. The molecule has 0 saturated carbocycles. The number of aryl methyl sites for hydroxylation is 2. The summed E-state index contributed by atoms with van der Waals surface area (Å²) in [6.45, 7) is 4.00. The summed E-state index contributed by atoms with van der Waals surface area (Å²) in [5.41, 5.74) is 9.82. The Morgan fingerprint density at radius 3 is 2.48 bits per heavy atom. The number of ether oxygens (including phenoxy) is 1. The molecule has 0 unspecified atom stereocenters. The van der Waals surface area contributed by atoms with Gasteiger partial charge in [-0.3, -0.25) is 9.78 Å². The van der Waals surface area contributed by atoms with Crippen molar-refractivity contribution in [3.63, 3.8) is 0 Å². The maximum absolute atomic E-state index is 12.9. The van der Waals surface area contributed by atoms with Gasteiger partial charge >= 0.3 is 5.97 Å². The molecule has 0 saturated heterocycles. The Kier molecular flexibility index (Phi) is 6.47. The highest BCUT2D eigenvalue weighted by atomic mass is 16.5. The summed E-state index contributed by atoms with van der Waals surface area (Å²) < 4.78 is 5.51. The predicted octanol–water partition coefficient (Wildman–Crippen LogP) is 4.75. The van der Waals surface area contributed by atoms with Crippen molar-refractivity contribution >= 4 is 28.3 Å². The minimum absolute atomic E-state index is 0.144. The molecule has 166 valence electrons. The lowest BCUT2D eigenvalue weighted by molar-refractivity contribution is -0.117. The zero-order valence-corrected chi connectivity index (χ0v) is 18.5. The van der Waals surface area contributed by atoms with Crippen molar-refractivity contribution in [2.45, 2.75) is 19.8 Å². The zero-order valence-electron chi connectivity index (χ0n) is 18.5. The van der Waals surface area contributed by atoms with E-state index in [-0.39, 0.29) is 12.5 Å². The third-order valence-electron chi connectivity index (χ3n) is 5.56. The summed E-state index contributed by atoms with van der Waals surface area (Å²) in [6, 6.07) is 20.0. The monoisotopic (exact) mass is 439 g/mol. The number of benzene rings is 3. The van der Waals surface area contributed by atoms with Crippen LogP contribution in [0.15, 0.2) is 79.1 Å². The number of anilines is 1. The highest BCUT2D eigenvalue weighted by Crippen LogP contribution is 2.24. The van der Waals surface area contributed by atoms with E-state index in [1.54, 1.807) is 42.7 Å². The number of hydrogen-bond donors (Lipinski definition) is 2. The zero-order chi connectivity index (χ0) is 23.4. The first kappa shape index (κ1) is 22.2. The lowest BCUT2D eigenvalue weighted by atomic mass is 9.98. The highest BCUT2D eigenvalue weighted by molar-refractivity contribution is 5.98. The molecule has 3 N–H and O–H groups in total. The molecule has 6 heteroatoms. The number of nitrogens with one attached hydrogen (secondary N) is 1. The predicted molar refractivity (Wildman–Crippen MR) is 129 cm³/mol. The molecule has 33 heavy (non-hydrogen) atoms. The Morgan fingerprint density at radius 1 is 0.970 bits per heavy atom. The Balaban J connectivity index is 1.45. The lowest BCUT2D eigenvalue weighted by Crippen LogP contribution is -2.27. The maximum atomic E-state index is 12.9. The third kappa shape index (κ3) is 5.07. The van der Waals surface area contributed by atoms with E-state index in [0.29, 0.717) is 17.0 Å². The second-order valence-corrected chi connectivity index (χ2v) is 7.99. The van der Waals surface area contributed by atoms with Gasteiger partial charge in [-0.25, -0.2) is 4.79 Å². The minimum atomic E-state index is -0.540. The number of rotatable bonds is 6. The molecule has 4 rings (SSSR count). The topological polar surface area (TPSA) is 94.3 Å². The SMILES string of the molecule is Cc1ccc(C(=O)Oc2ccc([C@@H](CN)C(=O)Nc3ccc4cnccc4c3)cc2)c(C)c1. The van der Waals surface area contributed by atoms with Gasteiger partial charge in [0.2, 0.25) is 5.91 Å². The number of fused-ring (bicyclic) bond motifs is 1. The molecule has 0 aliphatic heterocycles. The molecule has 0 bridgehead atoms. The smallest absolute Gasteiger partial charge is 0.343 e. The van der Waals surface area contributed by atoms with E-state index in [4.69, 9.17) is 10.5 Å². The second kappa shape index (κ2) is 9.63. The second-order valence-electron chi connectivity index (χ2n) is 7.99. The van der Waals surface area contributed by atoms with Gasteiger partial charge in [-0.2, -0.15) is 0 Å². The Labute approximate surface area is 192 Å². The molecule has 1 atom stereocenters. The number of esters is 1. The average molecular weight is 440 g/mol. The molecule has 1 amide bonds. The fourth-order valence-corrected chi connectivity index (χ4v) is 3.76. The van der Waals surface area contributed by atoms with Crippen LogP contribution in [0.5, 0.6) is 5.75 Å². The molecule has 3 aromatic carbocycles. The van der Waals surface area contributed by atoms with Gasteiger partial charge in [0.15, 0.2) is 0 Å². The number of nitrogens with two attached hydrogens (primary N) is 1. The van der Waals surface area contributed by atoms with E-state index in [1.807, 2.05) is 50.2 Å². The molecule has 0 spiro atoms. The number of aromatic nitrogens is 1. The third-order valence-corrected chi connectivity index (χ3v) is 5.56. The van der Waals surface area contributed by atoms with Crippen molar-refractivity contribution in [2.75, 3.05) is 11.9 Å². The highest BCUT2D eigenvalue weighted by Gasteiger charge is 2.20. The first-order valence-electron chi connectivity index (χ1n) is 10.7.